The van der Waals surface area contributed by atoms with Crippen molar-refractivity contribution < 1.29 is 9.53 Å². The number of aryl methyl sites for hydroxylation is 1. The lowest BCUT2D eigenvalue weighted by molar-refractivity contribution is 0.0938. The number of para-hydroxylation sites is 2. The zero-order chi connectivity index (χ0) is 18.5. The maximum Gasteiger partial charge on any atom is 0.270 e. The van der Waals surface area contributed by atoms with Gasteiger partial charge in [-0.1, -0.05) is 12.1 Å². The monoisotopic (exact) mass is 355 g/mol. The fraction of sp³-hybridized carbons (Fsp3) is 0.421. The molecule has 2 heterocycles. The summed E-state index contributed by atoms with van der Waals surface area (Å²) >= 11 is 0. The van der Waals surface area contributed by atoms with E-state index >= 15 is 0 Å². The summed E-state index contributed by atoms with van der Waals surface area (Å²) in [5.74, 6) is 0.217. The molecule has 3 rings (SSSR count). The summed E-state index contributed by atoms with van der Waals surface area (Å²) in [4.78, 5) is 23.4. The van der Waals surface area contributed by atoms with Crippen molar-refractivity contribution in [3.8, 4) is 0 Å². The van der Waals surface area contributed by atoms with E-state index in [4.69, 9.17) is 4.74 Å². The summed E-state index contributed by atoms with van der Waals surface area (Å²) in [6.45, 7) is 8.81. The van der Waals surface area contributed by atoms with Gasteiger partial charge in [0, 0.05) is 24.8 Å². The second-order valence-corrected chi connectivity index (χ2v) is 6.59. The molecule has 1 aliphatic rings. The van der Waals surface area contributed by atoms with E-state index in [2.05, 4.69) is 31.6 Å². The molecule has 0 bridgehead atoms. The van der Waals surface area contributed by atoms with E-state index in [1.165, 1.54) is 0 Å². The Morgan fingerprint density at radius 1 is 1.19 bits per heavy atom. The molecule has 26 heavy (non-hydrogen) atoms. The Labute approximate surface area is 153 Å². The van der Waals surface area contributed by atoms with Crippen LogP contribution in [0.5, 0.6) is 0 Å². The summed E-state index contributed by atoms with van der Waals surface area (Å²) in [7, 11) is 0. The van der Waals surface area contributed by atoms with Gasteiger partial charge in [-0.15, -0.1) is 0 Å². The number of hydrogen-bond acceptors (Lipinski definition) is 6. The van der Waals surface area contributed by atoms with E-state index in [-0.39, 0.29) is 11.9 Å². The van der Waals surface area contributed by atoms with Gasteiger partial charge >= 0.3 is 0 Å². The van der Waals surface area contributed by atoms with Crippen LogP contribution in [-0.4, -0.2) is 48.2 Å². The summed E-state index contributed by atoms with van der Waals surface area (Å²) < 4.78 is 5.44. The predicted octanol–water partition coefficient (Wildman–Crippen LogP) is 2.50. The topological polar surface area (TPSA) is 79.4 Å². The third-order valence-corrected chi connectivity index (χ3v) is 4.01. The van der Waals surface area contributed by atoms with Crippen LogP contribution in [0, 0.1) is 6.92 Å². The molecular formula is C19H25N5O2. The van der Waals surface area contributed by atoms with Crippen molar-refractivity contribution in [2.45, 2.75) is 26.8 Å². The number of anilines is 3. The Kier molecular flexibility index (Phi) is 5.68. The average molecular weight is 355 g/mol. The van der Waals surface area contributed by atoms with Crippen molar-refractivity contribution in [1.29, 1.82) is 0 Å². The molecule has 1 aromatic heterocycles. The number of nitrogens with zero attached hydrogens (tertiary/aromatic N) is 3. The molecule has 1 amide bonds. The van der Waals surface area contributed by atoms with Crippen molar-refractivity contribution in [2.75, 3.05) is 36.5 Å². The van der Waals surface area contributed by atoms with Crippen LogP contribution in [0.4, 0.5) is 17.3 Å². The largest absolute Gasteiger partial charge is 0.378 e. The minimum Gasteiger partial charge on any atom is -0.378 e. The molecule has 0 unspecified atom stereocenters. The van der Waals surface area contributed by atoms with Crippen molar-refractivity contribution in [1.82, 2.24) is 15.3 Å². The van der Waals surface area contributed by atoms with E-state index < -0.39 is 0 Å². The molecule has 1 aromatic carbocycles. The number of hydrogen-bond donors (Lipinski definition) is 2. The molecule has 0 atom stereocenters. The number of aromatic nitrogens is 2. The first-order valence-corrected chi connectivity index (χ1v) is 8.88. The van der Waals surface area contributed by atoms with Gasteiger partial charge in [0.05, 0.1) is 24.6 Å². The third kappa shape index (κ3) is 4.49. The average Bonchev–Trinajstić information content (AvgIpc) is 2.62. The highest BCUT2D eigenvalue weighted by atomic mass is 16.5. The van der Waals surface area contributed by atoms with Crippen LogP contribution < -0.4 is 15.5 Å². The SMILES string of the molecule is Cc1cc(C(=O)NC(C)C)nc(Nc2ccccc2N2CCOCC2)n1. The van der Waals surface area contributed by atoms with Gasteiger partial charge in [-0.05, 0) is 39.0 Å². The molecule has 138 valence electrons. The molecule has 7 nitrogen and oxygen atoms in total. The summed E-state index contributed by atoms with van der Waals surface area (Å²) in [6, 6.07) is 9.77. The molecule has 1 saturated heterocycles. The predicted molar refractivity (Wildman–Crippen MR) is 102 cm³/mol. The van der Waals surface area contributed by atoms with Crippen molar-refractivity contribution >= 4 is 23.2 Å². The van der Waals surface area contributed by atoms with E-state index in [1.807, 2.05) is 39.0 Å². The van der Waals surface area contributed by atoms with Crippen LogP contribution in [-0.2, 0) is 4.74 Å². The van der Waals surface area contributed by atoms with Gasteiger partial charge < -0.3 is 20.3 Å². The van der Waals surface area contributed by atoms with Crippen LogP contribution in [0.25, 0.3) is 0 Å². The summed E-state index contributed by atoms with van der Waals surface area (Å²) in [5, 5.41) is 6.14. The van der Waals surface area contributed by atoms with E-state index in [1.54, 1.807) is 6.07 Å². The van der Waals surface area contributed by atoms with Crippen LogP contribution in [0.1, 0.15) is 30.0 Å². The zero-order valence-electron chi connectivity index (χ0n) is 15.5. The van der Waals surface area contributed by atoms with Crippen LogP contribution >= 0.6 is 0 Å². The first-order valence-electron chi connectivity index (χ1n) is 8.88. The van der Waals surface area contributed by atoms with Gasteiger partial charge in [0.25, 0.3) is 5.91 Å². The second-order valence-electron chi connectivity index (χ2n) is 6.59. The molecule has 0 spiro atoms. The molecule has 1 fully saturated rings. The fourth-order valence-corrected chi connectivity index (χ4v) is 2.86. The fourth-order valence-electron chi connectivity index (χ4n) is 2.86. The van der Waals surface area contributed by atoms with E-state index in [9.17, 15) is 4.79 Å². The lowest BCUT2D eigenvalue weighted by atomic mass is 10.2. The first-order chi connectivity index (χ1) is 12.5. The van der Waals surface area contributed by atoms with Crippen LogP contribution in [0.15, 0.2) is 30.3 Å². The third-order valence-electron chi connectivity index (χ3n) is 4.01. The highest BCUT2D eigenvalue weighted by Crippen LogP contribution is 2.28. The normalized spacial score (nSPS) is 14.4. The number of amides is 1. The molecule has 0 aliphatic carbocycles. The minimum absolute atomic E-state index is 0.0521. The number of benzene rings is 1. The molecular weight excluding hydrogens is 330 g/mol. The molecule has 2 aromatic rings. The number of morpholine rings is 1. The first kappa shape index (κ1) is 18.1. The van der Waals surface area contributed by atoms with Gasteiger partial charge in [-0.3, -0.25) is 4.79 Å². The Balaban J connectivity index is 1.85. The van der Waals surface area contributed by atoms with Crippen LogP contribution in [0.2, 0.25) is 0 Å². The Hall–Kier alpha value is -2.67. The molecule has 0 radical (unpaired) electrons. The number of carbonyl (C=O) groups excluding carboxylic acids is 1. The lowest BCUT2D eigenvalue weighted by Crippen LogP contribution is -2.36. The number of nitrogens with one attached hydrogen (secondary N) is 2. The van der Waals surface area contributed by atoms with Gasteiger partial charge in [0.2, 0.25) is 5.95 Å². The molecule has 7 heteroatoms. The van der Waals surface area contributed by atoms with Crippen molar-refractivity contribution in [3.05, 3.63) is 41.7 Å². The van der Waals surface area contributed by atoms with Crippen LogP contribution in [0.3, 0.4) is 0 Å². The second kappa shape index (κ2) is 8.14. The quantitative estimate of drug-likeness (QED) is 0.858. The van der Waals surface area contributed by atoms with Crippen molar-refractivity contribution in [2.24, 2.45) is 0 Å². The van der Waals surface area contributed by atoms with Crippen molar-refractivity contribution in [3.63, 3.8) is 0 Å². The standard InChI is InChI=1S/C19H25N5O2/c1-13(2)20-18(25)16-12-14(3)21-19(23-16)22-15-6-4-5-7-17(15)24-8-10-26-11-9-24/h4-7,12-13H,8-11H2,1-3H3,(H,20,25)(H,21,22,23). The number of carbonyl (C=O) groups is 1. The molecule has 1 aliphatic heterocycles. The maximum atomic E-state index is 12.3. The van der Waals surface area contributed by atoms with Gasteiger partial charge in [-0.25, -0.2) is 9.97 Å². The Bertz CT molecular complexity index is 772. The summed E-state index contributed by atoms with van der Waals surface area (Å²) in [6.07, 6.45) is 0. The highest BCUT2D eigenvalue weighted by molar-refractivity contribution is 5.93. The Morgan fingerprint density at radius 2 is 1.92 bits per heavy atom. The van der Waals surface area contributed by atoms with E-state index in [0.717, 1.165) is 43.4 Å². The minimum atomic E-state index is -0.199. The van der Waals surface area contributed by atoms with Gasteiger partial charge in [0.1, 0.15) is 5.69 Å². The Morgan fingerprint density at radius 3 is 2.65 bits per heavy atom. The van der Waals surface area contributed by atoms with Gasteiger partial charge in [0.15, 0.2) is 0 Å². The number of ether oxygens (including phenoxy) is 1. The zero-order valence-corrected chi connectivity index (χ0v) is 15.5. The molecule has 2 N–H and O–H groups in total. The smallest absolute Gasteiger partial charge is 0.270 e. The summed E-state index contributed by atoms with van der Waals surface area (Å²) in [5.41, 5.74) is 3.09. The van der Waals surface area contributed by atoms with Gasteiger partial charge in [-0.2, -0.15) is 0 Å². The molecule has 0 saturated carbocycles. The van der Waals surface area contributed by atoms with E-state index in [0.29, 0.717) is 11.6 Å². The number of rotatable bonds is 5. The maximum absolute atomic E-state index is 12.3. The lowest BCUT2D eigenvalue weighted by Gasteiger charge is -2.30. The highest BCUT2D eigenvalue weighted by Gasteiger charge is 2.16.